The van der Waals surface area contributed by atoms with Gasteiger partial charge >= 0.3 is 5.97 Å². The van der Waals surface area contributed by atoms with E-state index in [1.807, 2.05) is 0 Å². The maximum atomic E-state index is 10.7. The number of amides is 1. The second-order valence-electron chi connectivity index (χ2n) is 2.87. The lowest BCUT2D eigenvalue weighted by atomic mass is 10.1. The Balaban J connectivity index is 2.59. The first-order valence-corrected chi connectivity index (χ1v) is 4.21. The summed E-state index contributed by atoms with van der Waals surface area (Å²) in [5.41, 5.74) is 0.508. The Morgan fingerprint density at radius 2 is 2.33 bits per heavy atom. The number of carbonyl (C=O) groups is 2. The summed E-state index contributed by atoms with van der Waals surface area (Å²) in [5.74, 6) is -2.03. The number of H-pyrrole nitrogens is 1. The summed E-state index contributed by atoms with van der Waals surface area (Å²) in [6.45, 7) is -0.982. The van der Waals surface area contributed by atoms with Gasteiger partial charge < -0.3 is 15.4 Å². The fraction of sp³-hybridized carbons (Fsp3) is 0.375. The van der Waals surface area contributed by atoms with Gasteiger partial charge in [0.2, 0.25) is 5.91 Å². The average Bonchev–Trinajstić information content (AvgIpc) is 2.69. The van der Waals surface area contributed by atoms with Crippen LogP contribution in [0.15, 0.2) is 12.5 Å². The number of nitrogens with zero attached hydrogens (tertiary/aromatic N) is 1. The van der Waals surface area contributed by atoms with Gasteiger partial charge in [0, 0.05) is 12.6 Å². The Kier molecular flexibility index (Phi) is 3.81. The van der Waals surface area contributed by atoms with Crippen molar-refractivity contribution < 1.29 is 19.8 Å². The monoisotopic (exact) mass is 212 g/mol. The van der Waals surface area contributed by atoms with E-state index >= 15 is 0 Å². The third-order valence-corrected chi connectivity index (χ3v) is 1.73. The number of carboxylic acids is 1. The summed E-state index contributed by atoms with van der Waals surface area (Å²) in [5, 5.41) is 21.0. The number of imidazole rings is 1. The van der Waals surface area contributed by atoms with E-state index in [4.69, 9.17) is 5.11 Å². The number of carbonyl (C=O) groups excluding carboxylic acids is 1. The Morgan fingerprint density at radius 1 is 1.60 bits per heavy atom. The van der Waals surface area contributed by atoms with E-state index in [0.717, 1.165) is 0 Å². The van der Waals surface area contributed by atoms with E-state index in [1.165, 1.54) is 12.5 Å². The van der Waals surface area contributed by atoms with Gasteiger partial charge in [-0.25, -0.2) is 14.9 Å². The predicted octanol–water partition coefficient (Wildman–Crippen LogP) is -1.05. The van der Waals surface area contributed by atoms with Crippen LogP contribution in [0.4, 0.5) is 0 Å². The van der Waals surface area contributed by atoms with Crippen LogP contribution in [0.3, 0.4) is 0 Å². The van der Waals surface area contributed by atoms with Crippen LogP contribution in [0, 0.1) is 0 Å². The van der Waals surface area contributed by atoms with Crippen LogP contribution in [0.25, 0.3) is 0 Å². The molecule has 0 saturated carbocycles. The van der Waals surface area contributed by atoms with Crippen molar-refractivity contribution in [1.29, 1.82) is 0 Å². The fourth-order valence-electron chi connectivity index (χ4n) is 1.05. The van der Waals surface area contributed by atoms with Crippen molar-refractivity contribution in [1.82, 2.24) is 15.3 Å². The summed E-state index contributed by atoms with van der Waals surface area (Å²) in [7, 11) is 0. The van der Waals surface area contributed by atoms with Gasteiger partial charge in [0.15, 0.2) is 6.61 Å². The summed E-state index contributed by atoms with van der Waals surface area (Å²) in [6, 6.07) is -1.12. The van der Waals surface area contributed by atoms with Gasteiger partial charge in [-0.2, -0.15) is 0 Å². The molecule has 1 amide bonds. The molecule has 1 radical (unpaired) electrons. The highest BCUT2D eigenvalue weighted by Gasteiger charge is 2.20. The molecule has 1 aromatic heterocycles. The minimum absolute atomic E-state index is 0.0462. The summed E-state index contributed by atoms with van der Waals surface area (Å²) >= 11 is 0. The Labute approximate surface area is 85.1 Å². The Hall–Kier alpha value is -1.89. The highest BCUT2D eigenvalue weighted by atomic mass is 16.4. The van der Waals surface area contributed by atoms with Crippen molar-refractivity contribution in [3.8, 4) is 0 Å². The zero-order valence-corrected chi connectivity index (χ0v) is 7.77. The van der Waals surface area contributed by atoms with Crippen molar-refractivity contribution in [3.63, 3.8) is 0 Å². The van der Waals surface area contributed by atoms with Crippen LogP contribution >= 0.6 is 0 Å². The zero-order valence-electron chi connectivity index (χ0n) is 7.77. The van der Waals surface area contributed by atoms with Gasteiger partial charge in [-0.15, -0.1) is 0 Å². The standard InChI is InChI=1S/C8H10N3O4/c12-3-7(13)11-6(8(14)15)1-5-2-9-4-10-5/h2,4,6H,1,3H2,(H,9,10)(H,11,13)(H,14,15). The van der Waals surface area contributed by atoms with E-state index in [-0.39, 0.29) is 6.42 Å². The molecule has 1 aromatic rings. The molecular formula is C8H10N3O4. The van der Waals surface area contributed by atoms with Crippen molar-refractivity contribution in [2.75, 3.05) is 6.61 Å². The van der Waals surface area contributed by atoms with E-state index < -0.39 is 24.5 Å². The third kappa shape index (κ3) is 3.39. The molecule has 81 valence electrons. The van der Waals surface area contributed by atoms with E-state index in [1.54, 1.807) is 0 Å². The molecule has 0 aliphatic carbocycles. The van der Waals surface area contributed by atoms with Crippen molar-refractivity contribution >= 4 is 11.9 Å². The fourth-order valence-corrected chi connectivity index (χ4v) is 1.05. The van der Waals surface area contributed by atoms with Gasteiger partial charge in [0.05, 0.1) is 12.0 Å². The van der Waals surface area contributed by atoms with Crippen LogP contribution in [-0.2, 0) is 21.1 Å². The van der Waals surface area contributed by atoms with E-state index in [2.05, 4.69) is 15.3 Å². The highest BCUT2D eigenvalue weighted by molar-refractivity contribution is 5.84. The zero-order chi connectivity index (χ0) is 11.3. The summed E-state index contributed by atoms with van der Waals surface area (Å²) < 4.78 is 0. The molecule has 15 heavy (non-hydrogen) atoms. The van der Waals surface area contributed by atoms with E-state index in [9.17, 15) is 14.7 Å². The number of hydrogen-bond donors (Lipinski definition) is 3. The predicted molar refractivity (Wildman–Crippen MR) is 47.4 cm³/mol. The van der Waals surface area contributed by atoms with Gasteiger partial charge in [0.1, 0.15) is 6.04 Å². The second-order valence-corrected chi connectivity index (χ2v) is 2.87. The molecular weight excluding hydrogens is 202 g/mol. The van der Waals surface area contributed by atoms with Gasteiger partial charge in [0.25, 0.3) is 0 Å². The van der Waals surface area contributed by atoms with Crippen molar-refractivity contribution in [3.05, 3.63) is 18.2 Å². The number of aromatic nitrogens is 2. The molecule has 0 saturated heterocycles. The molecule has 7 heteroatoms. The number of carboxylic acid groups (broad SMARTS) is 1. The second kappa shape index (κ2) is 5.11. The maximum Gasteiger partial charge on any atom is 0.326 e. The lowest BCUT2D eigenvalue weighted by molar-refractivity contribution is -0.142. The quantitative estimate of drug-likeness (QED) is 0.577. The number of nitrogens with one attached hydrogen (secondary N) is 2. The average molecular weight is 212 g/mol. The number of hydrogen-bond acceptors (Lipinski definition) is 3. The summed E-state index contributed by atoms with van der Waals surface area (Å²) in [4.78, 5) is 27.9. The van der Waals surface area contributed by atoms with Crippen LogP contribution in [0.5, 0.6) is 0 Å². The molecule has 1 heterocycles. The van der Waals surface area contributed by atoms with Crippen molar-refractivity contribution in [2.45, 2.75) is 12.5 Å². The molecule has 0 aliphatic heterocycles. The van der Waals surface area contributed by atoms with E-state index in [0.29, 0.717) is 5.69 Å². The van der Waals surface area contributed by atoms with Gasteiger partial charge in [-0.1, -0.05) is 0 Å². The SMILES string of the molecule is [O]CC(=O)NC(Cc1c[nH]cn1)C(=O)O. The number of rotatable bonds is 5. The summed E-state index contributed by atoms with van der Waals surface area (Å²) in [6.07, 6.45) is 2.98. The number of aromatic amines is 1. The van der Waals surface area contributed by atoms with Gasteiger partial charge in [-0.05, 0) is 0 Å². The molecule has 7 nitrogen and oxygen atoms in total. The largest absolute Gasteiger partial charge is 0.480 e. The van der Waals surface area contributed by atoms with Gasteiger partial charge in [-0.3, -0.25) is 4.79 Å². The molecule has 1 unspecified atom stereocenters. The Bertz CT molecular complexity index is 336. The normalized spacial score (nSPS) is 12.1. The highest BCUT2D eigenvalue weighted by Crippen LogP contribution is 1.98. The van der Waals surface area contributed by atoms with Crippen molar-refractivity contribution in [2.24, 2.45) is 0 Å². The lowest BCUT2D eigenvalue weighted by Gasteiger charge is -2.11. The van der Waals surface area contributed by atoms with Crippen LogP contribution in [0.1, 0.15) is 5.69 Å². The maximum absolute atomic E-state index is 10.7. The first kappa shape index (κ1) is 11.2. The third-order valence-electron chi connectivity index (χ3n) is 1.73. The van der Waals surface area contributed by atoms with Crippen LogP contribution in [-0.4, -0.2) is 39.6 Å². The molecule has 0 spiro atoms. The molecule has 3 N–H and O–H groups in total. The smallest absolute Gasteiger partial charge is 0.326 e. The minimum Gasteiger partial charge on any atom is -0.480 e. The molecule has 0 aromatic carbocycles. The van der Waals surface area contributed by atoms with Crippen LogP contribution in [0.2, 0.25) is 0 Å². The number of aliphatic carboxylic acids is 1. The Morgan fingerprint density at radius 3 is 2.80 bits per heavy atom. The molecule has 0 aliphatic rings. The lowest BCUT2D eigenvalue weighted by Crippen LogP contribution is -2.43. The first-order valence-electron chi connectivity index (χ1n) is 4.21. The topological polar surface area (TPSA) is 115 Å². The minimum atomic E-state index is -1.19. The molecule has 1 atom stereocenters. The molecule has 1 rings (SSSR count). The molecule has 0 fully saturated rings. The van der Waals surface area contributed by atoms with Crippen LogP contribution < -0.4 is 5.32 Å². The molecule has 0 bridgehead atoms. The first-order chi connectivity index (χ1) is 7.13.